The molecule has 1 aromatic heterocycles. The van der Waals surface area contributed by atoms with Crippen LogP contribution >= 0.6 is 0 Å². The fourth-order valence-electron chi connectivity index (χ4n) is 2.15. The highest BCUT2D eigenvalue weighted by Gasteiger charge is 2.01. The van der Waals surface area contributed by atoms with Gasteiger partial charge in [0.25, 0.3) is 0 Å². The number of aromatic nitrogens is 1. The standard InChI is InChI=1S/C14H20N2O/c1-15-11-12-4-5-14-13(10-12)6-8-16(14)7-2-3-9-17/h4-6,8,10,15,17H,2-3,7,9,11H2,1H3. The number of aliphatic hydroxyl groups excluding tert-OH is 1. The predicted molar refractivity (Wildman–Crippen MR) is 71.0 cm³/mol. The molecule has 0 aliphatic carbocycles. The van der Waals surface area contributed by atoms with Crippen LogP contribution in [0.3, 0.4) is 0 Å². The van der Waals surface area contributed by atoms with E-state index >= 15 is 0 Å². The summed E-state index contributed by atoms with van der Waals surface area (Å²) in [7, 11) is 1.96. The van der Waals surface area contributed by atoms with Crippen molar-refractivity contribution >= 4 is 10.9 Å². The normalized spacial score (nSPS) is 11.2. The molecule has 0 radical (unpaired) electrons. The quantitative estimate of drug-likeness (QED) is 0.749. The Labute approximate surface area is 102 Å². The van der Waals surface area contributed by atoms with Crippen molar-refractivity contribution in [2.45, 2.75) is 25.9 Å². The summed E-state index contributed by atoms with van der Waals surface area (Å²) in [6.45, 7) is 2.17. The lowest BCUT2D eigenvalue weighted by Crippen LogP contribution is -2.04. The Morgan fingerprint density at radius 1 is 1.24 bits per heavy atom. The van der Waals surface area contributed by atoms with Gasteiger partial charge in [-0.3, -0.25) is 0 Å². The van der Waals surface area contributed by atoms with Crippen LogP contribution in [0.4, 0.5) is 0 Å². The lowest BCUT2D eigenvalue weighted by molar-refractivity contribution is 0.281. The van der Waals surface area contributed by atoms with Gasteiger partial charge in [-0.2, -0.15) is 0 Å². The zero-order valence-corrected chi connectivity index (χ0v) is 10.3. The molecule has 2 aromatic rings. The third kappa shape index (κ3) is 2.87. The van der Waals surface area contributed by atoms with Crippen LogP contribution in [-0.2, 0) is 13.1 Å². The molecule has 1 heterocycles. The van der Waals surface area contributed by atoms with Crippen molar-refractivity contribution < 1.29 is 5.11 Å². The number of unbranched alkanes of at least 4 members (excludes halogenated alkanes) is 1. The largest absolute Gasteiger partial charge is 0.396 e. The van der Waals surface area contributed by atoms with Gasteiger partial charge in [0.1, 0.15) is 0 Å². The van der Waals surface area contributed by atoms with Gasteiger partial charge in [0, 0.05) is 31.4 Å². The predicted octanol–water partition coefficient (Wildman–Crippen LogP) is 2.13. The van der Waals surface area contributed by atoms with Crippen molar-refractivity contribution in [3.63, 3.8) is 0 Å². The van der Waals surface area contributed by atoms with Gasteiger partial charge in [0.15, 0.2) is 0 Å². The van der Waals surface area contributed by atoms with E-state index in [1.165, 1.54) is 16.5 Å². The Balaban J connectivity index is 2.16. The van der Waals surface area contributed by atoms with Gasteiger partial charge in [-0.15, -0.1) is 0 Å². The molecular formula is C14H20N2O. The van der Waals surface area contributed by atoms with E-state index in [2.05, 4.69) is 40.3 Å². The molecule has 92 valence electrons. The number of nitrogens with zero attached hydrogens (tertiary/aromatic N) is 1. The molecule has 17 heavy (non-hydrogen) atoms. The lowest BCUT2D eigenvalue weighted by Gasteiger charge is -2.05. The third-order valence-corrected chi connectivity index (χ3v) is 3.02. The minimum atomic E-state index is 0.283. The fourth-order valence-corrected chi connectivity index (χ4v) is 2.15. The van der Waals surface area contributed by atoms with Crippen molar-refractivity contribution in [2.75, 3.05) is 13.7 Å². The van der Waals surface area contributed by atoms with Gasteiger partial charge in [0.2, 0.25) is 0 Å². The van der Waals surface area contributed by atoms with E-state index < -0.39 is 0 Å². The van der Waals surface area contributed by atoms with Gasteiger partial charge in [-0.1, -0.05) is 6.07 Å². The highest BCUT2D eigenvalue weighted by Crippen LogP contribution is 2.18. The summed E-state index contributed by atoms with van der Waals surface area (Å²) < 4.78 is 2.26. The van der Waals surface area contributed by atoms with Crippen LogP contribution in [0.2, 0.25) is 0 Å². The van der Waals surface area contributed by atoms with Gasteiger partial charge in [0.05, 0.1) is 0 Å². The minimum Gasteiger partial charge on any atom is -0.396 e. The van der Waals surface area contributed by atoms with E-state index in [4.69, 9.17) is 5.11 Å². The van der Waals surface area contributed by atoms with E-state index in [0.717, 1.165) is 25.9 Å². The number of rotatable bonds is 6. The van der Waals surface area contributed by atoms with Gasteiger partial charge in [-0.25, -0.2) is 0 Å². The number of benzene rings is 1. The SMILES string of the molecule is CNCc1ccc2c(ccn2CCCCO)c1. The zero-order valence-electron chi connectivity index (χ0n) is 10.3. The number of fused-ring (bicyclic) bond motifs is 1. The second-order valence-electron chi connectivity index (χ2n) is 4.36. The van der Waals surface area contributed by atoms with Crippen LogP contribution < -0.4 is 5.32 Å². The molecule has 0 amide bonds. The smallest absolute Gasteiger partial charge is 0.0480 e. The van der Waals surface area contributed by atoms with E-state index in [-0.39, 0.29) is 6.61 Å². The van der Waals surface area contributed by atoms with Crippen LogP contribution in [0, 0.1) is 0 Å². The fraction of sp³-hybridized carbons (Fsp3) is 0.429. The highest BCUT2D eigenvalue weighted by atomic mass is 16.2. The Hall–Kier alpha value is -1.32. The second kappa shape index (κ2) is 5.84. The molecule has 3 nitrogen and oxygen atoms in total. The van der Waals surface area contributed by atoms with Crippen LogP contribution in [0.15, 0.2) is 30.5 Å². The molecule has 2 N–H and O–H groups in total. The molecule has 0 fully saturated rings. The van der Waals surface area contributed by atoms with Gasteiger partial charge < -0.3 is 15.0 Å². The molecule has 2 rings (SSSR count). The average Bonchev–Trinajstić information content (AvgIpc) is 2.73. The van der Waals surface area contributed by atoms with Gasteiger partial charge in [-0.05, 0) is 49.0 Å². The Bertz CT molecular complexity index is 476. The number of aliphatic hydroxyl groups is 1. The average molecular weight is 232 g/mol. The number of aryl methyl sites for hydroxylation is 1. The molecule has 0 aliphatic rings. The zero-order chi connectivity index (χ0) is 12.1. The summed E-state index contributed by atoms with van der Waals surface area (Å²) in [4.78, 5) is 0. The molecule has 3 heteroatoms. The second-order valence-corrected chi connectivity index (χ2v) is 4.36. The number of hydrogen-bond acceptors (Lipinski definition) is 2. The van der Waals surface area contributed by atoms with Crippen LogP contribution in [0.1, 0.15) is 18.4 Å². The molecular weight excluding hydrogens is 212 g/mol. The topological polar surface area (TPSA) is 37.2 Å². The molecule has 0 saturated heterocycles. The van der Waals surface area contributed by atoms with Crippen molar-refractivity contribution in [1.29, 1.82) is 0 Å². The highest BCUT2D eigenvalue weighted by molar-refractivity contribution is 5.80. The van der Waals surface area contributed by atoms with Crippen LogP contribution in [-0.4, -0.2) is 23.3 Å². The van der Waals surface area contributed by atoms with Crippen molar-refractivity contribution in [3.8, 4) is 0 Å². The maximum Gasteiger partial charge on any atom is 0.0480 e. The maximum atomic E-state index is 8.79. The first-order chi connectivity index (χ1) is 8.35. The summed E-state index contributed by atoms with van der Waals surface area (Å²) in [6, 6.07) is 8.74. The monoisotopic (exact) mass is 232 g/mol. The van der Waals surface area contributed by atoms with Crippen LogP contribution in [0.5, 0.6) is 0 Å². The van der Waals surface area contributed by atoms with E-state index in [1.807, 2.05) is 7.05 Å². The molecule has 0 saturated carbocycles. The van der Waals surface area contributed by atoms with Gasteiger partial charge >= 0.3 is 0 Å². The summed E-state index contributed by atoms with van der Waals surface area (Å²) in [5.74, 6) is 0. The third-order valence-electron chi connectivity index (χ3n) is 3.02. The maximum absolute atomic E-state index is 8.79. The first-order valence-corrected chi connectivity index (χ1v) is 6.18. The number of nitrogens with one attached hydrogen (secondary N) is 1. The number of hydrogen-bond donors (Lipinski definition) is 2. The molecule has 0 bridgehead atoms. The van der Waals surface area contributed by atoms with Crippen molar-refractivity contribution in [1.82, 2.24) is 9.88 Å². The molecule has 0 aliphatic heterocycles. The molecule has 0 atom stereocenters. The summed E-state index contributed by atoms with van der Waals surface area (Å²) in [5.41, 5.74) is 2.59. The Morgan fingerprint density at radius 2 is 2.12 bits per heavy atom. The minimum absolute atomic E-state index is 0.283. The summed E-state index contributed by atoms with van der Waals surface area (Å²) in [6.07, 6.45) is 4.03. The first kappa shape index (κ1) is 12.1. The molecule has 0 spiro atoms. The van der Waals surface area contributed by atoms with Crippen molar-refractivity contribution in [3.05, 3.63) is 36.0 Å². The molecule has 0 unspecified atom stereocenters. The van der Waals surface area contributed by atoms with E-state index in [9.17, 15) is 0 Å². The molecule has 1 aromatic carbocycles. The summed E-state index contributed by atoms with van der Waals surface area (Å²) in [5, 5.41) is 13.2. The van der Waals surface area contributed by atoms with E-state index in [1.54, 1.807) is 0 Å². The Morgan fingerprint density at radius 3 is 2.88 bits per heavy atom. The first-order valence-electron chi connectivity index (χ1n) is 6.18. The summed E-state index contributed by atoms with van der Waals surface area (Å²) >= 11 is 0. The Kier molecular flexibility index (Phi) is 4.18. The van der Waals surface area contributed by atoms with Crippen molar-refractivity contribution in [2.24, 2.45) is 0 Å². The lowest BCUT2D eigenvalue weighted by atomic mass is 10.1. The van der Waals surface area contributed by atoms with E-state index in [0.29, 0.717) is 0 Å². The van der Waals surface area contributed by atoms with Crippen LogP contribution in [0.25, 0.3) is 10.9 Å².